The highest BCUT2D eigenvalue weighted by Gasteiger charge is 2.20. The van der Waals surface area contributed by atoms with Crippen molar-refractivity contribution in [1.82, 2.24) is 9.44 Å². The van der Waals surface area contributed by atoms with E-state index in [0.717, 1.165) is 0 Å². The molecule has 0 aromatic heterocycles. The van der Waals surface area contributed by atoms with Crippen LogP contribution in [0.1, 0.15) is 25.0 Å². The van der Waals surface area contributed by atoms with Crippen molar-refractivity contribution in [1.29, 1.82) is 0 Å². The van der Waals surface area contributed by atoms with Gasteiger partial charge in [0.2, 0.25) is 20.0 Å². The molecule has 2 aromatic rings. The van der Waals surface area contributed by atoms with Gasteiger partial charge < -0.3 is 9.47 Å². The van der Waals surface area contributed by atoms with Gasteiger partial charge in [-0.1, -0.05) is 24.3 Å². The van der Waals surface area contributed by atoms with Crippen LogP contribution in [0.25, 0.3) is 0 Å². The number of sulfonamides is 2. The maximum Gasteiger partial charge on any atom is 0.241 e. The van der Waals surface area contributed by atoms with Crippen molar-refractivity contribution in [2.45, 2.75) is 37.1 Å². The number of rotatable bonds is 8. The number of ether oxygens (including phenoxy) is 2. The largest absolute Gasteiger partial charge is 0.486 e. The lowest BCUT2D eigenvalue weighted by atomic mass is 10.1. The summed E-state index contributed by atoms with van der Waals surface area (Å²) in [6, 6.07) is 11.0. The highest BCUT2D eigenvalue weighted by Crippen LogP contribution is 2.32. The maximum atomic E-state index is 12.7. The summed E-state index contributed by atoms with van der Waals surface area (Å²) in [5.41, 5.74) is 1.12. The van der Waals surface area contributed by atoms with Crippen LogP contribution >= 0.6 is 0 Å². The van der Waals surface area contributed by atoms with Crippen molar-refractivity contribution in [3.8, 4) is 11.5 Å². The summed E-state index contributed by atoms with van der Waals surface area (Å²) in [4.78, 5) is 0.0494. The van der Waals surface area contributed by atoms with Crippen LogP contribution in [0.5, 0.6) is 11.5 Å². The van der Waals surface area contributed by atoms with Crippen LogP contribution in [0.2, 0.25) is 0 Å². The zero-order chi connectivity index (χ0) is 21.1. The average molecular weight is 441 g/mol. The van der Waals surface area contributed by atoms with Gasteiger partial charge >= 0.3 is 0 Å². The van der Waals surface area contributed by atoms with Crippen molar-refractivity contribution in [3.05, 3.63) is 53.6 Å². The molecule has 0 atom stereocenters. The molecule has 10 heteroatoms. The van der Waals surface area contributed by atoms with Crippen LogP contribution in [-0.4, -0.2) is 36.1 Å². The molecule has 1 aliphatic heterocycles. The van der Waals surface area contributed by atoms with Gasteiger partial charge in [-0.25, -0.2) is 26.3 Å². The highest BCUT2D eigenvalue weighted by molar-refractivity contribution is 7.89. The fourth-order valence-corrected chi connectivity index (χ4v) is 5.44. The van der Waals surface area contributed by atoms with E-state index in [-0.39, 0.29) is 23.2 Å². The van der Waals surface area contributed by atoms with E-state index in [1.807, 2.05) is 0 Å². The molecular formula is C19H24N2O6S2. The first kappa shape index (κ1) is 21.6. The molecule has 29 heavy (non-hydrogen) atoms. The number of benzene rings is 2. The van der Waals surface area contributed by atoms with E-state index in [4.69, 9.17) is 9.47 Å². The predicted octanol–water partition coefficient (Wildman–Crippen LogP) is 1.76. The topological polar surface area (TPSA) is 111 Å². The highest BCUT2D eigenvalue weighted by atomic mass is 32.2. The molecule has 1 heterocycles. The Hall–Kier alpha value is -2.14. The Morgan fingerprint density at radius 3 is 2.28 bits per heavy atom. The fraction of sp³-hybridized carbons (Fsp3) is 0.368. The third-order valence-electron chi connectivity index (χ3n) is 4.16. The van der Waals surface area contributed by atoms with Gasteiger partial charge in [0.15, 0.2) is 11.5 Å². The molecule has 2 N–H and O–H groups in total. The molecule has 0 saturated heterocycles. The van der Waals surface area contributed by atoms with E-state index in [2.05, 4.69) is 9.44 Å². The molecule has 3 rings (SSSR count). The Bertz CT molecular complexity index is 1080. The van der Waals surface area contributed by atoms with Gasteiger partial charge in [0.25, 0.3) is 0 Å². The van der Waals surface area contributed by atoms with Crippen molar-refractivity contribution < 1.29 is 26.3 Å². The van der Waals surface area contributed by atoms with E-state index >= 15 is 0 Å². The molecule has 0 aliphatic carbocycles. The predicted molar refractivity (Wildman–Crippen MR) is 109 cm³/mol. The van der Waals surface area contributed by atoms with E-state index < -0.39 is 20.0 Å². The molecular weight excluding hydrogens is 416 g/mol. The molecule has 1 aliphatic rings. The summed E-state index contributed by atoms with van der Waals surface area (Å²) in [5.74, 6) is 0.654. The van der Waals surface area contributed by atoms with Crippen LogP contribution in [0.4, 0.5) is 0 Å². The Labute approximate surface area is 171 Å². The van der Waals surface area contributed by atoms with E-state index in [1.54, 1.807) is 44.2 Å². The Morgan fingerprint density at radius 1 is 0.931 bits per heavy atom. The van der Waals surface area contributed by atoms with Crippen LogP contribution in [0.3, 0.4) is 0 Å². The standard InChI is InChI=1S/C19H24N2O6S2/c1-14(2)21-28(22,23)13-16-6-4-3-5-15(16)12-20-29(24,25)17-7-8-18-19(11-17)27-10-9-26-18/h3-8,11,14,20-21H,9-10,12-13H2,1-2H3. The number of fused-ring (bicyclic) bond motifs is 1. The average Bonchev–Trinajstić information content (AvgIpc) is 2.65. The first-order chi connectivity index (χ1) is 13.7. The van der Waals surface area contributed by atoms with E-state index in [1.165, 1.54) is 12.1 Å². The van der Waals surface area contributed by atoms with Crippen LogP contribution in [0, 0.1) is 0 Å². The SMILES string of the molecule is CC(C)NS(=O)(=O)Cc1ccccc1CNS(=O)(=O)c1ccc2c(c1)OCCO2. The van der Waals surface area contributed by atoms with E-state index in [0.29, 0.717) is 35.8 Å². The molecule has 0 unspecified atom stereocenters. The molecule has 0 fully saturated rings. The van der Waals surface area contributed by atoms with Gasteiger partial charge in [-0.2, -0.15) is 0 Å². The van der Waals surface area contributed by atoms with Gasteiger partial charge in [-0.15, -0.1) is 0 Å². The molecule has 0 spiro atoms. The van der Waals surface area contributed by atoms with E-state index in [9.17, 15) is 16.8 Å². The minimum absolute atomic E-state index is 0.0376. The zero-order valence-corrected chi connectivity index (χ0v) is 17.8. The van der Waals surface area contributed by atoms with Crippen molar-refractivity contribution in [2.75, 3.05) is 13.2 Å². The molecule has 0 amide bonds. The number of hydrogen-bond acceptors (Lipinski definition) is 6. The Kier molecular flexibility index (Phi) is 6.47. The normalized spacial score (nSPS) is 14.2. The van der Waals surface area contributed by atoms with Gasteiger partial charge in [0, 0.05) is 18.7 Å². The van der Waals surface area contributed by atoms with Crippen molar-refractivity contribution >= 4 is 20.0 Å². The summed E-state index contributed by atoms with van der Waals surface area (Å²) >= 11 is 0. The van der Waals surface area contributed by atoms with Crippen LogP contribution < -0.4 is 18.9 Å². The maximum absolute atomic E-state index is 12.7. The monoisotopic (exact) mass is 440 g/mol. The summed E-state index contributed by atoms with van der Waals surface area (Å²) in [6.45, 7) is 4.22. The Balaban J connectivity index is 1.76. The molecule has 0 bridgehead atoms. The lowest BCUT2D eigenvalue weighted by molar-refractivity contribution is 0.171. The fourth-order valence-electron chi connectivity index (χ4n) is 2.92. The first-order valence-electron chi connectivity index (χ1n) is 9.12. The summed E-state index contributed by atoms with van der Waals surface area (Å²) < 4.78 is 65.8. The van der Waals surface area contributed by atoms with Crippen molar-refractivity contribution in [2.24, 2.45) is 0 Å². The zero-order valence-electron chi connectivity index (χ0n) is 16.2. The lowest BCUT2D eigenvalue weighted by Crippen LogP contribution is -2.32. The number of hydrogen-bond donors (Lipinski definition) is 2. The molecule has 0 radical (unpaired) electrons. The molecule has 0 saturated carbocycles. The van der Waals surface area contributed by atoms with Gasteiger partial charge in [0.05, 0.1) is 10.6 Å². The second-order valence-corrected chi connectivity index (χ2v) is 10.5. The molecule has 158 valence electrons. The van der Waals surface area contributed by atoms with Gasteiger partial charge in [-0.3, -0.25) is 0 Å². The first-order valence-corrected chi connectivity index (χ1v) is 12.3. The quantitative estimate of drug-likeness (QED) is 0.647. The summed E-state index contributed by atoms with van der Waals surface area (Å²) in [7, 11) is -7.35. The second-order valence-electron chi connectivity index (χ2n) is 6.93. The van der Waals surface area contributed by atoms with Crippen LogP contribution in [0.15, 0.2) is 47.4 Å². The third-order valence-corrected chi connectivity index (χ3v) is 7.08. The van der Waals surface area contributed by atoms with Gasteiger partial charge in [-0.05, 0) is 37.1 Å². The lowest BCUT2D eigenvalue weighted by Gasteiger charge is -2.19. The second kappa shape index (κ2) is 8.70. The molecule has 2 aromatic carbocycles. The summed E-state index contributed by atoms with van der Waals surface area (Å²) in [6.07, 6.45) is 0. The van der Waals surface area contributed by atoms with Crippen molar-refractivity contribution in [3.63, 3.8) is 0 Å². The smallest absolute Gasteiger partial charge is 0.241 e. The van der Waals surface area contributed by atoms with Gasteiger partial charge in [0.1, 0.15) is 13.2 Å². The Morgan fingerprint density at radius 2 is 1.59 bits per heavy atom. The minimum Gasteiger partial charge on any atom is -0.486 e. The third kappa shape index (κ3) is 5.69. The minimum atomic E-state index is -3.82. The molecule has 8 nitrogen and oxygen atoms in total. The van der Waals surface area contributed by atoms with Crippen LogP contribution in [-0.2, 0) is 32.3 Å². The number of nitrogens with one attached hydrogen (secondary N) is 2. The summed E-state index contributed by atoms with van der Waals surface area (Å²) in [5, 5.41) is 0.